The number of anilines is 1. The van der Waals surface area contributed by atoms with E-state index in [0.717, 1.165) is 22.5 Å². The van der Waals surface area contributed by atoms with Gasteiger partial charge in [-0.1, -0.05) is 35.5 Å². The first-order valence-electron chi connectivity index (χ1n) is 9.09. The molecule has 30 heavy (non-hydrogen) atoms. The predicted octanol–water partition coefficient (Wildman–Crippen LogP) is 3.85. The number of aryl methyl sites for hydroxylation is 2. The summed E-state index contributed by atoms with van der Waals surface area (Å²) < 4.78 is 3.31. The molecule has 152 valence electrons. The van der Waals surface area contributed by atoms with Crippen LogP contribution in [0.15, 0.2) is 60.0 Å². The Balaban J connectivity index is 1.49. The molecule has 1 N–H and O–H groups in total. The fourth-order valence-corrected chi connectivity index (χ4v) is 3.76. The van der Waals surface area contributed by atoms with E-state index in [-0.39, 0.29) is 11.7 Å². The summed E-state index contributed by atoms with van der Waals surface area (Å²) in [5.74, 6) is -0.0674. The van der Waals surface area contributed by atoms with E-state index in [2.05, 4.69) is 25.9 Å². The number of halogens is 1. The highest BCUT2D eigenvalue weighted by Gasteiger charge is 2.15. The molecule has 4 rings (SSSR count). The van der Waals surface area contributed by atoms with E-state index in [9.17, 15) is 4.79 Å². The van der Waals surface area contributed by atoms with Crippen molar-refractivity contribution in [1.29, 1.82) is 0 Å². The molecule has 0 aliphatic heterocycles. The van der Waals surface area contributed by atoms with Crippen LogP contribution in [0.5, 0.6) is 0 Å². The number of nitrogens with one attached hydrogen (secondary N) is 1. The van der Waals surface area contributed by atoms with Gasteiger partial charge in [0, 0.05) is 17.4 Å². The van der Waals surface area contributed by atoms with Crippen LogP contribution in [0.25, 0.3) is 11.4 Å². The van der Waals surface area contributed by atoms with E-state index in [1.54, 1.807) is 40.0 Å². The van der Waals surface area contributed by atoms with Gasteiger partial charge in [0.1, 0.15) is 0 Å². The quantitative estimate of drug-likeness (QED) is 0.459. The minimum Gasteiger partial charge on any atom is -0.323 e. The fraction of sp³-hybridized carbons (Fsp3) is 0.150. The van der Waals surface area contributed by atoms with Gasteiger partial charge in [0.05, 0.1) is 22.8 Å². The number of aromatic nitrogens is 6. The van der Waals surface area contributed by atoms with Crippen LogP contribution in [0, 0.1) is 13.8 Å². The van der Waals surface area contributed by atoms with Crippen molar-refractivity contribution < 1.29 is 4.79 Å². The highest BCUT2D eigenvalue weighted by atomic mass is 35.5. The SMILES string of the molecule is Cc1ccc(C)c(-n2nnnc2SCC(=O)Nc2cc(Cl)ccc2-n2cccn2)c1. The number of carbonyl (C=O) groups excluding carboxylic acids is 1. The summed E-state index contributed by atoms with van der Waals surface area (Å²) in [6.45, 7) is 4.00. The molecule has 0 bridgehead atoms. The van der Waals surface area contributed by atoms with Crippen molar-refractivity contribution in [1.82, 2.24) is 30.0 Å². The number of thioether (sulfide) groups is 1. The van der Waals surface area contributed by atoms with Crippen LogP contribution in [0.2, 0.25) is 5.02 Å². The number of carbonyl (C=O) groups is 1. The third kappa shape index (κ3) is 4.37. The number of tetrazole rings is 1. The number of amides is 1. The Bertz CT molecular complexity index is 1190. The lowest BCUT2D eigenvalue weighted by molar-refractivity contribution is -0.113. The largest absolute Gasteiger partial charge is 0.323 e. The van der Waals surface area contributed by atoms with E-state index in [0.29, 0.717) is 15.9 Å². The Kier molecular flexibility index (Phi) is 5.82. The molecule has 0 radical (unpaired) electrons. The van der Waals surface area contributed by atoms with Gasteiger partial charge in [-0.05, 0) is 65.7 Å². The van der Waals surface area contributed by atoms with E-state index in [1.165, 1.54) is 11.8 Å². The molecular formula is C20H18ClN7OS. The summed E-state index contributed by atoms with van der Waals surface area (Å²) in [6.07, 6.45) is 3.47. The number of rotatable bonds is 6. The monoisotopic (exact) mass is 439 g/mol. The van der Waals surface area contributed by atoms with Gasteiger partial charge in [0.2, 0.25) is 11.1 Å². The van der Waals surface area contributed by atoms with Gasteiger partial charge in [0.15, 0.2) is 0 Å². The Labute approximate surface area is 182 Å². The topological polar surface area (TPSA) is 90.5 Å². The normalized spacial score (nSPS) is 10.9. The number of hydrogen-bond donors (Lipinski definition) is 1. The van der Waals surface area contributed by atoms with Crippen molar-refractivity contribution in [2.75, 3.05) is 11.1 Å². The lowest BCUT2D eigenvalue weighted by atomic mass is 10.1. The maximum Gasteiger partial charge on any atom is 0.234 e. The predicted molar refractivity (Wildman–Crippen MR) is 117 cm³/mol. The van der Waals surface area contributed by atoms with Crippen LogP contribution in [0.3, 0.4) is 0 Å². The zero-order valence-corrected chi connectivity index (χ0v) is 17.9. The molecule has 2 heterocycles. The summed E-state index contributed by atoms with van der Waals surface area (Å²) in [5, 5.41) is 20.1. The van der Waals surface area contributed by atoms with Crippen molar-refractivity contribution in [3.63, 3.8) is 0 Å². The van der Waals surface area contributed by atoms with Gasteiger partial charge in [-0.3, -0.25) is 4.79 Å². The van der Waals surface area contributed by atoms with Gasteiger partial charge in [0.25, 0.3) is 0 Å². The molecule has 0 atom stereocenters. The summed E-state index contributed by atoms with van der Waals surface area (Å²) in [7, 11) is 0. The van der Waals surface area contributed by atoms with E-state index >= 15 is 0 Å². The average molecular weight is 440 g/mol. The molecule has 0 unspecified atom stereocenters. The van der Waals surface area contributed by atoms with Crippen LogP contribution < -0.4 is 5.32 Å². The zero-order chi connectivity index (χ0) is 21.1. The van der Waals surface area contributed by atoms with Crippen molar-refractivity contribution in [2.45, 2.75) is 19.0 Å². The Morgan fingerprint density at radius 2 is 2.03 bits per heavy atom. The second-order valence-corrected chi connectivity index (χ2v) is 7.99. The smallest absolute Gasteiger partial charge is 0.234 e. The number of benzene rings is 2. The average Bonchev–Trinajstić information content (AvgIpc) is 3.40. The fourth-order valence-electron chi connectivity index (χ4n) is 2.90. The molecule has 1 amide bonds. The molecule has 4 aromatic rings. The van der Waals surface area contributed by atoms with Crippen LogP contribution in [0.1, 0.15) is 11.1 Å². The summed E-state index contributed by atoms with van der Waals surface area (Å²) in [4.78, 5) is 12.6. The zero-order valence-electron chi connectivity index (χ0n) is 16.3. The summed E-state index contributed by atoms with van der Waals surface area (Å²) in [6, 6.07) is 13.1. The lowest BCUT2D eigenvalue weighted by Crippen LogP contribution is -2.16. The van der Waals surface area contributed by atoms with Crippen LogP contribution >= 0.6 is 23.4 Å². The second kappa shape index (κ2) is 8.68. The molecule has 0 aliphatic rings. The van der Waals surface area contributed by atoms with Crippen molar-refractivity contribution >= 4 is 35.0 Å². The first-order chi connectivity index (χ1) is 14.5. The van der Waals surface area contributed by atoms with Crippen LogP contribution in [-0.2, 0) is 4.79 Å². The van der Waals surface area contributed by atoms with Crippen LogP contribution in [0.4, 0.5) is 5.69 Å². The maximum atomic E-state index is 12.6. The molecule has 10 heteroatoms. The van der Waals surface area contributed by atoms with E-state index in [4.69, 9.17) is 11.6 Å². The molecule has 0 fully saturated rings. The van der Waals surface area contributed by atoms with Gasteiger partial charge >= 0.3 is 0 Å². The summed E-state index contributed by atoms with van der Waals surface area (Å²) >= 11 is 7.38. The molecule has 0 saturated carbocycles. The lowest BCUT2D eigenvalue weighted by Gasteiger charge is -2.12. The Morgan fingerprint density at radius 1 is 1.17 bits per heavy atom. The molecule has 0 spiro atoms. The van der Waals surface area contributed by atoms with Gasteiger partial charge in [-0.15, -0.1) is 5.10 Å². The third-order valence-corrected chi connectivity index (χ3v) is 5.50. The molecule has 2 aromatic heterocycles. The van der Waals surface area contributed by atoms with E-state index in [1.807, 2.05) is 38.1 Å². The Morgan fingerprint density at radius 3 is 2.83 bits per heavy atom. The Hall–Kier alpha value is -3.17. The van der Waals surface area contributed by atoms with Crippen molar-refractivity contribution in [3.8, 4) is 11.4 Å². The first kappa shape index (κ1) is 20.1. The van der Waals surface area contributed by atoms with E-state index < -0.39 is 0 Å². The van der Waals surface area contributed by atoms with Gasteiger partial charge in [-0.25, -0.2) is 4.68 Å². The standard InChI is InChI=1S/C20H18ClN7OS/c1-13-4-5-14(2)18(10-13)28-20(24-25-26-28)30-12-19(29)23-16-11-15(21)6-7-17(16)27-9-3-8-22-27/h3-11H,12H2,1-2H3,(H,23,29). The number of hydrogen-bond acceptors (Lipinski definition) is 6. The number of nitrogens with zero attached hydrogens (tertiary/aromatic N) is 6. The molecule has 0 aliphatic carbocycles. The first-order valence-corrected chi connectivity index (χ1v) is 10.5. The molecule has 0 saturated heterocycles. The van der Waals surface area contributed by atoms with Gasteiger partial charge < -0.3 is 5.32 Å². The third-order valence-electron chi connectivity index (χ3n) is 4.35. The summed E-state index contributed by atoms with van der Waals surface area (Å²) in [5.41, 5.74) is 4.33. The minimum absolute atomic E-state index is 0.135. The van der Waals surface area contributed by atoms with Crippen LogP contribution in [-0.4, -0.2) is 41.6 Å². The molecular weight excluding hydrogens is 422 g/mol. The van der Waals surface area contributed by atoms with Crippen molar-refractivity contribution in [2.24, 2.45) is 0 Å². The molecule has 2 aromatic carbocycles. The molecule has 8 nitrogen and oxygen atoms in total. The minimum atomic E-state index is -0.203. The van der Waals surface area contributed by atoms with Gasteiger partial charge in [-0.2, -0.15) is 9.78 Å². The second-order valence-electron chi connectivity index (χ2n) is 6.61. The highest BCUT2D eigenvalue weighted by Crippen LogP contribution is 2.25. The maximum absolute atomic E-state index is 12.6. The van der Waals surface area contributed by atoms with Crippen molar-refractivity contribution in [3.05, 3.63) is 71.0 Å². The highest BCUT2D eigenvalue weighted by molar-refractivity contribution is 7.99.